The minimum atomic E-state index is -4.91. The second kappa shape index (κ2) is 18.8. The molecule has 335 valence electrons. The van der Waals surface area contributed by atoms with Crippen LogP contribution in [0.1, 0.15) is 85.3 Å². The summed E-state index contributed by atoms with van der Waals surface area (Å²) >= 11 is 0. The Morgan fingerprint density at radius 2 is 1.32 bits per heavy atom. The summed E-state index contributed by atoms with van der Waals surface area (Å²) in [7, 11) is -1.28. The molecule has 5 nitrogen and oxygen atoms in total. The number of para-hydroxylation sites is 1. The summed E-state index contributed by atoms with van der Waals surface area (Å²) in [5.41, 5.74) is 3.38. The van der Waals surface area contributed by atoms with Crippen molar-refractivity contribution in [3.63, 3.8) is 0 Å². The first-order valence-electron chi connectivity index (χ1n) is 20.8. The predicted octanol–water partition coefficient (Wildman–Crippen LogP) is 14.6. The molecule has 13 heteroatoms. The van der Waals surface area contributed by atoms with Gasteiger partial charge in [-0.2, -0.15) is 26.3 Å². The van der Waals surface area contributed by atoms with E-state index >= 15 is 0 Å². The van der Waals surface area contributed by atoms with Gasteiger partial charge in [-0.1, -0.05) is 128 Å². The third-order valence-corrected chi connectivity index (χ3v) is 13.4. The molecule has 0 atom stereocenters. The van der Waals surface area contributed by atoms with Crippen LogP contribution in [0.5, 0.6) is 0 Å². The molecule has 6 aromatic rings. The van der Waals surface area contributed by atoms with E-state index in [4.69, 9.17) is 9.97 Å². The number of aliphatic hydroxyl groups excluding tert-OH is 1. The van der Waals surface area contributed by atoms with E-state index in [1.165, 1.54) is 22.0 Å². The summed E-state index contributed by atoms with van der Waals surface area (Å²) in [6, 6.07) is 33.2. The minimum Gasteiger partial charge on any atom is -0.511 e. The third kappa shape index (κ3) is 9.75. The fourth-order valence-corrected chi connectivity index (χ4v) is 9.76. The number of alkyl halides is 6. The van der Waals surface area contributed by atoms with Crippen LogP contribution in [-0.2, 0) is 36.4 Å². The van der Waals surface area contributed by atoms with Crippen molar-refractivity contribution in [2.24, 2.45) is 10.8 Å². The molecule has 0 amide bonds. The first-order chi connectivity index (χ1) is 28.4. The number of rotatable bonds is 11. The largest absolute Gasteiger partial charge is 0.511 e. The smallest absolute Gasteiger partial charge is 0.401 e. The second-order valence-electron chi connectivity index (χ2n) is 18.0. The number of fused-ring (bicyclic) bond motifs is 4. The van der Waals surface area contributed by atoms with Gasteiger partial charge in [-0.3, -0.25) is 9.78 Å². The SMILES string of the molecule is CC(C)(C)c1cc(-c2ncnc3c4ccc(C[Si](C)(C)C)cc4n(-c4ccccc4)c23)[c-]c2ccccc12.CCC(CC)(C(=O)/C=C(\O)C(CC)(CC)C(F)(F)F)C(F)(F)F.[Ir]. The van der Waals surface area contributed by atoms with Crippen molar-refractivity contribution in [1.82, 2.24) is 14.5 Å². The first-order valence-corrected chi connectivity index (χ1v) is 24.5. The zero-order valence-electron chi connectivity index (χ0n) is 37.0. The zero-order chi connectivity index (χ0) is 45.3. The summed E-state index contributed by atoms with van der Waals surface area (Å²) in [4.78, 5) is 21.8. The van der Waals surface area contributed by atoms with Crippen molar-refractivity contribution in [3.05, 3.63) is 114 Å². The Morgan fingerprint density at radius 1 is 0.758 bits per heavy atom. The number of carbonyl (C=O) groups is 1. The fourth-order valence-electron chi connectivity index (χ4n) is 8.31. The minimum absolute atomic E-state index is 0. The van der Waals surface area contributed by atoms with E-state index in [0.717, 1.165) is 72.5 Å². The number of nitrogens with zero attached hydrogens (tertiary/aromatic N) is 3. The third-order valence-electron chi connectivity index (χ3n) is 11.9. The van der Waals surface area contributed by atoms with Crippen molar-refractivity contribution >= 4 is 46.6 Å². The molecule has 0 saturated heterocycles. The van der Waals surface area contributed by atoms with Gasteiger partial charge in [0.05, 0.1) is 16.6 Å². The molecule has 0 aliphatic rings. The number of halogens is 6. The molecule has 4 aromatic carbocycles. The molecule has 6 rings (SSSR count). The van der Waals surface area contributed by atoms with Crippen LogP contribution < -0.4 is 0 Å². The van der Waals surface area contributed by atoms with Crippen LogP contribution >= 0.6 is 0 Å². The second-order valence-corrected chi connectivity index (χ2v) is 23.5. The van der Waals surface area contributed by atoms with Crippen LogP contribution in [0, 0.1) is 16.9 Å². The van der Waals surface area contributed by atoms with Gasteiger partial charge in [-0.05, 0) is 60.9 Å². The van der Waals surface area contributed by atoms with Crippen molar-refractivity contribution in [1.29, 1.82) is 0 Å². The van der Waals surface area contributed by atoms with E-state index in [0.29, 0.717) is 0 Å². The number of aromatic nitrogens is 3. The molecule has 0 bridgehead atoms. The maximum absolute atomic E-state index is 13.2. The van der Waals surface area contributed by atoms with Gasteiger partial charge in [0.2, 0.25) is 0 Å². The van der Waals surface area contributed by atoms with Gasteiger partial charge in [0.1, 0.15) is 22.9 Å². The predicted molar refractivity (Wildman–Crippen MR) is 238 cm³/mol. The van der Waals surface area contributed by atoms with Gasteiger partial charge in [0, 0.05) is 51.0 Å². The Balaban J connectivity index is 0.000000306. The van der Waals surface area contributed by atoms with Crippen molar-refractivity contribution in [3.8, 4) is 16.9 Å². The van der Waals surface area contributed by atoms with Gasteiger partial charge in [-0.25, -0.2) is 4.98 Å². The van der Waals surface area contributed by atoms with E-state index < -0.39 is 68.5 Å². The van der Waals surface area contributed by atoms with Crippen LogP contribution in [0.25, 0.3) is 49.7 Å². The number of carbonyl (C=O) groups excluding carboxylic acids is 1. The van der Waals surface area contributed by atoms with E-state index in [1.807, 2.05) is 0 Å². The van der Waals surface area contributed by atoms with E-state index in [-0.39, 0.29) is 31.6 Å². The molecule has 0 fully saturated rings. The van der Waals surface area contributed by atoms with E-state index in [1.54, 1.807) is 6.33 Å². The molecule has 2 heterocycles. The number of allylic oxidation sites excluding steroid dienone is 2. The summed E-state index contributed by atoms with van der Waals surface area (Å²) in [5.74, 6) is -2.92. The number of benzene rings is 4. The summed E-state index contributed by atoms with van der Waals surface area (Å²) in [6.07, 6.45) is -10.4. The molecule has 0 unspecified atom stereocenters. The van der Waals surface area contributed by atoms with E-state index in [2.05, 4.69) is 130 Å². The number of hydrogen-bond donors (Lipinski definition) is 1. The Hall–Kier alpha value is -4.32. The molecule has 2 aromatic heterocycles. The molecule has 0 saturated carbocycles. The number of hydrogen-bond acceptors (Lipinski definition) is 4. The monoisotopic (exact) mass is 1050 g/mol. The van der Waals surface area contributed by atoms with Crippen LogP contribution in [0.15, 0.2) is 97.0 Å². The number of ketones is 1. The maximum atomic E-state index is 13.2. The average molecular weight is 1050 g/mol. The summed E-state index contributed by atoms with van der Waals surface area (Å²) in [6.45, 7) is 18.7. The van der Waals surface area contributed by atoms with Gasteiger partial charge in [0.15, 0.2) is 5.78 Å². The molecule has 0 spiro atoms. The molecule has 1 N–H and O–H groups in total. The summed E-state index contributed by atoms with van der Waals surface area (Å²) in [5, 5.41) is 13.4. The topological polar surface area (TPSA) is 68.0 Å². The number of aliphatic hydroxyl groups is 1. The Kier molecular flexibility index (Phi) is 15.3. The van der Waals surface area contributed by atoms with E-state index in [9.17, 15) is 36.2 Å². The Morgan fingerprint density at radius 3 is 1.85 bits per heavy atom. The van der Waals surface area contributed by atoms with Gasteiger partial charge < -0.3 is 9.67 Å². The van der Waals surface area contributed by atoms with Crippen LogP contribution in [0.4, 0.5) is 26.3 Å². The first kappa shape index (κ1) is 50.3. The Bertz CT molecular complexity index is 2540. The average Bonchev–Trinajstić information content (AvgIpc) is 3.51. The van der Waals surface area contributed by atoms with Crippen molar-refractivity contribution in [2.45, 2.75) is 118 Å². The molecule has 1 radical (unpaired) electrons. The molecule has 0 aliphatic heterocycles. The van der Waals surface area contributed by atoms with Crippen LogP contribution in [-0.4, -0.2) is 45.9 Å². The quantitative estimate of drug-likeness (QED) is 0.0462. The van der Waals surface area contributed by atoms with Crippen LogP contribution in [0.2, 0.25) is 19.6 Å². The van der Waals surface area contributed by atoms with Crippen molar-refractivity contribution in [2.75, 3.05) is 0 Å². The van der Waals surface area contributed by atoms with Crippen molar-refractivity contribution < 1.29 is 56.3 Å². The standard InChI is InChI=1S/C34H34N3Si.C15H22F6O2.Ir/c1-34(2,3)29-20-25(19-24-12-10-11-15-27(24)29)31-33-32(36-22-35-31)28-17-16-23(21-38(4,5)6)18-30(28)37(33)26-13-8-7-9-14-26;1-5-12(6-2,14(16,17)18)10(22)9-11(23)13(7-3,8-4)15(19,20)21;/h7-18,20,22H,21H2,1-6H3;9,22H,5-8H2,1-4H3;/q-1;;/b;10-9-;. The van der Waals surface area contributed by atoms with Gasteiger partial charge in [-0.15, -0.1) is 29.1 Å². The van der Waals surface area contributed by atoms with Gasteiger partial charge in [0.25, 0.3) is 0 Å². The maximum Gasteiger partial charge on any atom is 0.401 e. The fraction of sp³-hybridized carbons (Fsp3) is 0.408. The molecular formula is C49H56F6IrN3O2Si-. The normalized spacial score (nSPS) is 13.3. The van der Waals surface area contributed by atoms with Gasteiger partial charge >= 0.3 is 12.4 Å². The Labute approximate surface area is 375 Å². The molecule has 62 heavy (non-hydrogen) atoms. The summed E-state index contributed by atoms with van der Waals surface area (Å²) < 4.78 is 81.7. The molecule has 0 aliphatic carbocycles. The van der Waals surface area contributed by atoms with Crippen LogP contribution in [0.3, 0.4) is 0 Å². The molecular weight excluding hydrogens is 997 g/mol. The zero-order valence-corrected chi connectivity index (χ0v) is 40.4.